The van der Waals surface area contributed by atoms with Crippen molar-refractivity contribution in [3.8, 4) is 0 Å². The number of fused-ring (bicyclic) bond motifs is 3. The van der Waals surface area contributed by atoms with E-state index >= 15 is 0 Å². The largest absolute Gasteiger partial charge is 0.465 e. The molecule has 24 heavy (non-hydrogen) atoms. The van der Waals surface area contributed by atoms with Gasteiger partial charge in [-0.1, -0.05) is 0 Å². The van der Waals surface area contributed by atoms with Gasteiger partial charge in [-0.05, 0) is 31.0 Å². The molecule has 1 saturated heterocycles. The molecule has 0 amide bonds. The Morgan fingerprint density at radius 2 is 2.25 bits per heavy atom. The standard InChI is InChI=1S/C17H17N3O4/c1-9-5-14-12(6-11(9)17(22)23-2)15-13(16(21)19-14)7-18-20(15)10-3-4-24-8-10/h5-7,10H,3-4,8H2,1-2H3,(H,19,21)/t10-/m1/s1. The summed E-state index contributed by atoms with van der Waals surface area (Å²) in [5, 5.41) is 5.69. The number of aryl methyl sites for hydroxylation is 1. The molecule has 7 heteroatoms. The number of pyridine rings is 1. The third-order valence-corrected chi connectivity index (χ3v) is 4.56. The molecule has 1 aliphatic rings. The number of nitrogens with zero attached hydrogens (tertiary/aromatic N) is 2. The summed E-state index contributed by atoms with van der Waals surface area (Å²) in [6.07, 6.45) is 2.42. The van der Waals surface area contributed by atoms with Crippen LogP contribution in [-0.2, 0) is 9.47 Å². The van der Waals surface area contributed by atoms with Gasteiger partial charge < -0.3 is 14.5 Å². The summed E-state index contributed by atoms with van der Waals surface area (Å²) in [5.41, 5.74) is 2.45. The van der Waals surface area contributed by atoms with Crippen LogP contribution in [0.2, 0.25) is 0 Å². The number of esters is 1. The number of ether oxygens (including phenoxy) is 2. The number of hydrogen-bond donors (Lipinski definition) is 1. The number of nitrogens with one attached hydrogen (secondary N) is 1. The van der Waals surface area contributed by atoms with Crippen molar-refractivity contribution in [1.82, 2.24) is 14.8 Å². The van der Waals surface area contributed by atoms with E-state index in [1.807, 2.05) is 11.6 Å². The highest BCUT2D eigenvalue weighted by molar-refractivity contribution is 6.06. The molecule has 1 aromatic carbocycles. The van der Waals surface area contributed by atoms with E-state index in [0.717, 1.165) is 22.9 Å². The van der Waals surface area contributed by atoms with Crippen LogP contribution in [0.25, 0.3) is 21.8 Å². The lowest BCUT2D eigenvalue weighted by molar-refractivity contribution is 0.0600. The second-order valence-corrected chi connectivity index (χ2v) is 6.03. The van der Waals surface area contributed by atoms with Gasteiger partial charge in [-0.15, -0.1) is 0 Å². The molecule has 3 aromatic rings. The molecule has 0 bridgehead atoms. The van der Waals surface area contributed by atoms with Crippen LogP contribution in [0, 0.1) is 6.92 Å². The van der Waals surface area contributed by atoms with Crippen molar-refractivity contribution < 1.29 is 14.3 Å². The molecule has 1 N–H and O–H groups in total. The third-order valence-electron chi connectivity index (χ3n) is 4.56. The van der Waals surface area contributed by atoms with E-state index < -0.39 is 5.97 Å². The number of rotatable bonds is 2. The first kappa shape index (κ1) is 14.9. The van der Waals surface area contributed by atoms with Gasteiger partial charge >= 0.3 is 5.97 Å². The zero-order chi connectivity index (χ0) is 16.8. The number of methoxy groups -OCH3 is 1. The quantitative estimate of drug-likeness (QED) is 0.727. The van der Waals surface area contributed by atoms with Crippen molar-refractivity contribution in [2.24, 2.45) is 0 Å². The molecule has 0 aliphatic carbocycles. The fraction of sp³-hybridized carbons (Fsp3) is 0.353. The van der Waals surface area contributed by atoms with Gasteiger partial charge in [0.25, 0.3) is 5.56 Å². The maximum Gasteiger partial charge on any atom is 0.338 e. The van der Waals surface area contributed by atoms with Gasteiger partial charge in [0.1, 0.15) is 0 Å². The molecule has 1 fully saturated rings. The van der Waals surface area contributed by atoms with Gasteiger partial charge in [0, 0.05) is 12.0 Å². The Morgan fingerprint density at radius 1 is 1.42 bits per heavy atom. The number of hydrogen-bond acceptors (Lipinski definition) is 5. The summed E-state index contributed by atoms with van der Waals surface area (Å²) in [4.78, 5) is 27.3. The van der Waals surface area contributed by atoms with Gasteiger partial charge in [0.2, 0.25) is 0 Å². The van der Waals surface area contributed by atoms with E-state index in [4.69, 9.17) is 9.47 Å². The molecule has 0 saturated carbocycles. The number of benzene rings is 1. The van der Waals surface area contributed by atoms with Gasteiger partial charge in [-0.3, -0.25) is 9.48 Å². The zero-order valence-corrected chi connectivity index (χ0v) is 13.5. The molecule has 7 nitrogen and oxygen atoms in total. The Balaban J connectivity index is 2.08. The van der Waals surface area contributed by atoms with Gasteiger partial charge in [0.05, 0.1) is 47.9 Å². The number of H-pyrrole nitrogens is 1. The van der Waals surface area contributed by atoms with Gasteiger partial charge in [0.15, 0.2) is 0 Å². The van der Waals surface area contributed by atoms with Crippen molar-refractivity contribution >= 4 is 27.8 Å². The average molecular weight is 327 g/mol. The smallest absolute Gasteiger partial charge is 0.338 e. The highest BCUT2D eigenvalue weighted by atomic mass is 16.5. The fourth-order valence-electron chi connectivity index (χ4n) is 3.32. The first-order chi connectivity index (χ1) is 11.6. The molecular weight excluding hydrogens is 310 g/mol. The van der Waals surface area contributed by atoms with Crippen LogP contribution in [0.1, 0.15) is 28.4 Å². The van der Waals surface area contributed by atoms with E-state index in [1.54, 1.807) is 18.3 Å². The lowest BCUT2D eigenvalue weighted by atomic mass is 10.0. The highest BCUT2D eigenvalue weighted by Crippen LogP contribution is 2.29. The summed E-state index contributed by atoms with van der Waals surface area (Å²) < 4.78 is 12.2. The van der Waals surface area contributed by atoms with Crippen LogP contribution in [0.3, 0.4) is 0 Å². The Labute approximate surface area is 137 Å². The van der Waals surface area contributed by atoms with Crippen molar-refractivity contribution in [3.63, 3.8) is 0 Å². The summed E-state index contributed by atoms with van der Waals surface area (Å²) in [7, 11) is 1.36. The van der Waals surface area contributed by atoms with Crippen molar-refractivity contribution in [1.29, 1.82) is 0 Å². The molecule has 2 aromatic heterocycles. The average Bonchev–Trinajstić information content (AvgIpc) is 3.23. The van der Waals surface area contributed by atoms with E-state index in [1.165, 1.54) is 7.11 Å². The van der Waals surface area contributed by atoms with E-state index in [-0.39, 0.29) is 11.6 Å². The minimum absolute atomic E-state index is 0.0929. The molecule has 0 spiro atoms. The Kier molecular flexibility index (Phi) is 3.38. The second kappa shape index (κ2) is 5.45. The second-order valence-electron chi connectivity index (χ2n) is 6.03. The number of aromatic nitrogens is 3. The topological polar surface area (TPSA) is 86.2 Å². The van der Waals surface area contributed by atoms with Crippen LogP contribution < -0.4 is 5.56 Å². The molecule has 0 radical (unpaired) electrons. The number of carbonyl (C=O) groups excluding carboxylic acids is 1. The van der Waals surface area contributed by atoms with Crippen LogP contribution in [-0.4, -0.2) is 41.1 Å². The predicted molar refractivity (Wildman–Crippen MR) is 88.4 cm³/mol. The summed E-state index contributed by atoms with van der Waals surface area (Å²) in [6.45, 7) is 3.07. The Bertz CT molecular complexity index is 1010. The Hall–Kier alpha value is -2.67. The van der Waals surface area contributed by atoms with Crippen LogP contribution in [0.4, 0.5) is 0 Å². The van der Waals surface area contributed by atoms with E-state index in [0.29, 0.717) is 29.7 Å². The predicted octanol–water partition coefficient (Wildman–Crippen LogP) is 1.93. The minimum atomic E-state index is -0.399. The maximum absolute atomic E-state index is 12.4. The fourth-order valence-corrected chi connectivity index (χ4v) is 3.32. The maximum atomic E-state index is 12.4. The molecule has 124 valence electrons. The van der Waals surface area contributed by atoms with Crippen LogP contribution >= 0.6 is 0 Å². The minimum Gasteiger partial charge on any atom is -0.465 e. The lowest BCUT2D eigenvalue weighted by Crippen LogP contribution is -2.13. The summed E-state index contributed by atoms with van der Waals surface area (Å²) in [6, 6.07) is 3.66. The summed E-state index contributed by atoms with van der Waals surface area (Å²) in [5.74, 6) is -0.399. The first-order valence-electron chi connectivity index (χ1n) is 7.80. The highest BCUT2D eigenvalue weighted by Gasteiger charge is 2.23. The van der Waals surface area contributed by atoms with Crippen molar-refractivity contribution in [3.05, 3.63) is 39.8 Å². The molecule has 3 heterocycles. The molecular formula is C17H17N3O4. The molecule has 1 aliphatic heterocycles. The lowest BCUT2D eigenvalue weighted by Gasteiger charge is -2.13. The molecule has 0 unspecified atom stereocenters. The van der Waals surface area contributed by atoms with Crippen molar-refractivity contribution in [2.45, 2.75) is 19.4 Å². The normalized spacial score (nSPS) is 17.7. The van der Waals surface area contributed by atoms with Gasteiger partial charge in [-0.25, -0.2) is 4.79 Å². The third kappa shape index (κ3) is 2.12. The van der Waals surface area contributed by atoms with Crippen LogP contribution in [0.5, 0.6) is 0 Å². The van der Waals surface area contributed by atoms with Gasteiger partial charge in [-0.2, -0.15) is 5.10 Å². The van der Waals surface area contributed by atoms with E-state index in [9.17, 15) is 9.59 Å². The Morgan fingerprint density at radius 3 is 2.96 bits per heavy atom. The monoisotopic (exact) mass is 327 g/mol. The van der Waals surface area contributed by atoms with E-state index in [2.05, 4.69) is 10.1 Å². The SMILES string of the molecule is COC(=O)c1cc2c(cc1C)[nH]c(=O)c1cnn([C@@H]3CCOC3)c12. The molecule has 4 rings (SSSR count). The summed E-state index contributed by atoms with van der Waals surface area (Å²) >= 11 is 0. The van der Waals surface area contributed by atoms with Crippen molar-refractivity contribution in [2.75, 3.05) is 20.3 Å². The number of aromatic amines is 1. The number of carbonyl (C=O) groups is 1. The zero-order valence-electron chi connectivity index (χ0n) is 13.5. The molecule has 1 atom stereocenters. The first-order valence-corrected chi connectivity index (χ1v) is 7.80. The van der Waals surface area contributed by atoms with Crippen LogP contribution in [0.15, 0.2) is 23.1 Å².